The summed E-state index contributed by atoms with van der Waals surface area (Å²) in [5.41, 5.74) is 2.17. The van der Waals surface area contributed by atoms with Gasteiger partial charge < -0.3 is 10.0 Å². The van der Waals surface area contributed by atoms with Gasteiger partial charge in [-0.2, -0.15) is 0 Å². The molecule has 3 aromatic carbocycles. The summed E-state index contributed by atoms with van der Waals surface area (Å²) in [4.78, 5) is 2.04. The second-order valence-electron chi connectivity index (χ2n) is 6.13. The Kier molecular flexibility index (Phi) is 4.88. The molecule has 3 aromatic rings. The van der Waals surface area contributed by atoms with Crippen molar-refractivity contribution < 1.29 is 5.11 Å². The molecule has 0 saturated heterocycles. The van der Waals surface area contributed by atoms with Gasteiger partial charge in [-0.1, -0.05) is 72.5 Å². The van der Waals surface area contributed by atoms with Crippen LogP contribution in [0.4, 0.5) is 5.69 Å². The summed E-state index contributed by atoms with van der Waals surface area (Å²) in [5, 5.41) is 11.4. The Labute approximate surface area is 149 Å². The number of hydrogen-bond donors (Lipinski definition) is 1. The van der Waals surface area contributed by atoms with Crippen molar-refractivity contribution >= 4 is 5.69 Å². The number of anilines is 1. The van der Waals surface area contributed by atoms with E-state index in [4.69, 9.17) is 0 Å². The molecule has 0 aliphatic rings. The average molecular weight is 327 g/mol. The zero-order valence-electron chi connectivity index (χ0n) is 14.5. The molecule has 2 heteroatoms. The highest BCUT2D eigenvalue weighted by molar-refractivity contribution is 5.52. The summed E-state index contributed by atoms with van der Waals surface area (Å²) in [6.07, 6.45) is 0. The van der Waals surface area contributed by atoms with Gasteiger partial charge in [0, 0.05) is 36.5 Å². The molecule has 1 N–H and O–H groups in total. The fraction of sp³-hybridized carbons (Fsp3) is 0.130. The van der Waals surface area contributed by atoms with Crippen LogP contribution in [-0.4, -0.2) is 19.2 Å². The van der Waals surface area contributed by atoms with Crippen molar-refractivity contribution in [2.45, 2.75) is 5.60 Å². The molecule has 124 valence electrons. The molecule has 0 unspecified atom stereocenters. The molecule has 0 heterocycles. The van der Waals surface area contributed by atoms with Crippen LogP contribution in [0.1, 0.15) is 16.7 Å². The molecular weight excluding hydrogens is 306 g/mol. The fourth-order valence-electron chi connectivity index (χ4n) is 2.68. The van der Waals surface area contributed by atoms with E-state index in [-0.39, 0.29) is 0 Å². The lowest BCUT2D eigenvalue weighted by molar-refractivity contribution is 0.145. The van der Waals surface area contributed by atoms with E-state index >= 15 is 0 Å². The normalized spacial score (nSPS) is 10.7. The van der Waals surface area contributed by atoms with E-state index in [0.29, 0.717) is 0 Å². The lowest BCUT2D eigenvalue weighted by Crippen LogP contribution is -2.25. The van der Waals surface area contributed by atoms with Crippen LogP contribution in [0.2, 0.25) is 0 Å². The van der Waals surface area contributed by atoms with Crippen LogP contribution in [0.15, 0.2) is 84.9 Å². The van der Waals surface area contributed by atoms with Crippen molar-refractivity contribution in [2.24, 2.45) is 0 Å². The third-order valence-electron chi connectivity index (χ3n) is 4.15. The summed E-state index contributed by atoms with van der Waals surface area (Å²) in [6, 6.07) is 27.1. The molecule has 0 fully saturated rings. The van der Waals surface area contributed by atoms with E-state index in [1.165, 1.54) is 0 Å². The van der Waals surface area contributed by atoms with Crippen LogP contribution in [0.25, 0.3) is 0 Å². The lowest BCUT2D eigenvalue weighted by atomic mass is 9.86. The van der Waals surface area contributed by atoms with Gasteiger partial charge in [-0.15, -0.1) is 0 Å². The third kappa shape index (κ3) is 3.74. The number of nitrogens with zero attached hydrogens (tertiary/aromatic N) is 1. The molecule has 0 aliphatic heterocycles. The Morgan fingerprint density at radius 2 is 1.20 bits per heavy atom. The second kappa shape index (κ2) is 7.25. The van der Waals surface area contributed by atoms with E-state index in [1.807, 2.05) is 104 Å². The van der Waals surface area contributed by atoms with Crippen LogP contribution < -0.4 is 4.90 Å². The Bertz CT molecular complexity index is 833. The van der Waals surface area contributed by atoms with E-state index in [0.717, 1.165) is 22.4 Å². The quantitative estimate of drug-likeness (QED) is 0.734. The van der Waals surface area contributed by atoms with Crippen LogP contribution in [0.3, 0.4) is 0 Å². The molecule has 0 bridgehead atoms. The maximum atomic E-state index is 11.4. The van der Waals surface area contributed by atoms with Gasteiger partial charge in [0.25, 0.3) is 0 Å². The summed E-state index contributed by atoms with van der Waals surface area (Å²) in [7, 11) is 4.01. The molecule has 0 spiro atoms. The minimum Gasteiger partial charge on any atom is -0.378 e. The zero-order valence-corrected chi connectivity index (χ0v) is 14.5. The molecule has 25 heavy (non-hydrogen) atoms. The predicted molar refractivity (Wildman–Crippen MR) is 104 cm³/mol. The Balaban J connectivity index is 2.03. The van der Waals surface area contributed by atoms with Crippen LogP contribution in [-0.2, 0) is 5.60 Å². The van der Waals surface area contributed by atoms with E-state index in [9.17, 15) is 5.11 Å². The number of aliphatic hydroxyl groups is 1. The highest BCUT2D eigenvalue weighted by Crippen LogP contribution is 2.29. The monoisotopic (exact) mass is 327 g/mol. The molecule has 2 nitrogen and oxygen atoms in total. The van der Waals surface area contributed by atoms with Crippen molar-refractivity contribution in [1.29, 1.82) is 0 Å². The fourth-order valence-corrected chi connectivity index (χ4v) is 2.68. The van der Waals surface area contributed by atoms with Gasteiger partial charge in [0.15, 0.2) is 5.60 Å². The Hall–Kier alpha value is -3.02. The molecule has 0 amide bonds. The summed E-state index contributed by atoms with van der Waals surface area (Å²) in [6.45, 7) is 0. The van der Waals surface area contributed by atoms with Crippen molar-refractivity contribution in [1.82, 2.24) is 0 Å². The van der Waals surface area contributed by atoms with Crippen molar-refractivity contribution in [2.75, 3.05) is 19.0 Å². The van der Waals surface area contributed by atoms with Gasteiger partial charge in [-0.3, -0.25) is 0 Å². The van der Waals surface area contributed by atoms with Gasteiger partial charge in [-0.25, -0.2) is 0 Å². The standard InChI is InChI=1S/C23H21NO/c1-24(2)22-15-13-19(14-16-22)17-18-23(25,20-9-5-3-6-10-20)21-11-7-4-8-12-21/h3-16,25H,1-2H3. The highest BCUT2D eigenvalue weighted by Gasteiger charge is 2.29. The largest absolute Gasteiger partial charge is 0.378 e. The van der Waals surface area contributed by atoms with Crippen molar-refractivity contribution in [3.8, 4) is 11.8 Å². The molecule has 3 rings (SSSR count). The predicted octanol–water partition coefficient (Wildman–Crippen LogP) is 4.04. The number of hydrogen-bond acceptors (Lipinski definition) is 2. The molecule has 0 atom stereocenters. The number of rotatable bonds is 3. The maximum Gasteiger partial charge on any atom is 0.177 e. The van der Waals surface area contributed by atoms with Gasteiger partial charge in [0.2, 0.25) is 0 Å². The topological polar surface area (TPSA) is 23.5 Å². The van der Waals surface area contributed by atoms with Gasteiger partial charge in [0.05, 0.1) is 0 Å². The average Bonchev–Trinajstić information content (AvgIpc) is 2.68. The summed E-state index contributed by atoms with van der Waals surface area (Å²) >= 11 is 0. The summed E-state index contributed by atoms with van der Waals surface area (Å²) < 4.78 is 0. The van der Waals surface area contributed by atoms with Gasteiger partial charge in [0.1, 0.15) is 0 Å². The maximum absolute atomic E-state index is 11.4. The van der Waals surface area contributed by atoms with Crippen LogP contribution >= 0.6 is 0 Å². The highest BCUT2D eigenvalue weighted by atomic mass is 16.3. The van der Waals surface area contributed by atoms with Gasteiger partial charge >= 0.3 is 0 Å². The smallest absolute Gasteiger partial charge is 0.177 e. The van der Waals surface area contributed by atoms with Crippen molar-refractivity contribution in [3.05, 3.63) is 102 Å². The van der Waals surface area contributed by atoms with E-state index in [1.54, 1.807) is 0 Å². The zero-order chi connectivity index (χ0) is 17.7. The van der Waals surface area contributed by atoms with Crippen LogP contribution in [0, 0.1) is 11.8 Å². The number of benzene rings is 3. The van der Waals surface area contributed by atoms with E-state index in [2.05, 4.69) is 11.8 Å². The Morgan fingerprint density at radius 1 is 0.720 bits per heavy atom. The molecule has 0 radical (unpaired) electrons. The SMILES string of the molecule is CN(C)c1ccc(C#CC(O)(c2ccccc2)c2ccccc2)cc1. The first-order chi connectivity index (χ1) is 12.1. The first-order valence-electron chi connectivity index (χ1n) is 8.23. The third-order valence-corrected chi connectivity index (χ3v) is 4.15. The molecule has 0 aliphatic carbocycles. The first-order valence-corrected chi connectivity index (χ1v) is 8.23. The first kappa shape index (κ1) is 16.8. The lowest BCUT2D eigenvalue weighted by Gasteiger charge is -2.23. The van der Waals surface area contributed by atoms with Crippen molar-refractivity contribution in [3.63, 3.8) is 0 Å². The minimum atomic E-state index is -1.34. The Morgan fingerprint density at radius 3 is 1.64 bits per heavy atom. The second-order valence-corrected chi connectivity index (χ2v) is 6.13. The molecular formula is C23H21NO. The van der Waals surface area contributed by atoms with E-state index < -0.39 is 5.60 Å². The molecule has 0 saturated carbocycles. The molecule has 0 aromatic heterocycles. The summed E-state index contributed by atoms with van der Waals surface area (Å²) in [5.74, 6) is 6.22. The minimum absolute atomic E-state index is 0.763. The van der Waals surface area contributed by atoms with Gasteiger partial charge in [-0.05, 0) is 24.3 Å². The van der Waals surface area contributed by atoms with Crippen LogP contribution in [0.5, 0.6) is 0 Å².